The zero-order valence-corrected chi connectivity index (χ0v) is 11.5. The summed E-state index contributed by atoms with van der Waals surface area (Å²) in [5.41, 5.74) is 4.37. The number of aromatic nitrogens is 2. The third-order valence-electron chi connectivity index (χ3n) is 2.67. The summed E-state index contributed by atoms with van der Waals surface area (Å²) < 4.78 is 0. The molecule has 19 heavy (non-hydrogen) atoms. The highest BCUT2D eigenvalue weighted by Crippen LogP contribution is 2.23. The maximum atomic E-state index is 12.1. The van der Waals surface area contributed by atoms with Crippen molar-refractivity contribution in [2.24, 2.45) is 5.84 Å². The molecule has 0 aliphatic carbocycles. The Morgan fingerprint density at radius 2 is 2.32 bits per heavy atom. The van der Waals surface area contributed by atoms with Gasteiger partial charge in [-0.3, -0.25) is 20.9 Å². The van der Waals surface area contributed by atoms with Crippen LogP contribution < -0.4 is 16.6 Å². The number of hydrazine groups is 1. The van der Waals surface area contributed by atoms with Crippen LogP contribution in [-0.2, 0) is 6.42 Å². The highest BCUT2D eigenvalue weighted by molar-refractivity contribution is 7.15. The van der Waals surface area contributed by atoms with Gasteiger partial charge in [0.05, 0.1) is 23.1 Å². The first-order valence-corrected chi connectivity index (χ1v) is 6.65. The van der Waals surface area contributed by atoms with Crippen LogP contribution in [0.15, 0.2) is 18.5 Å². The molecule has 0 saturated carbocycles. The number of nitrogens with zero attached hydrogens (tertiary/aromatic N) is 2. The lowest BCUT2D eigenvalue weighted by atomic mass is 10.2. The number of rotatable bonds is 4. The topological polar surface area (TPSA) is 92.9 Å². The fraction of sp³-hybridized carbons (Fsp3) is 0.250. The van der Waals surface area contributed by atoms with Gasteiger partial charge in [0.25, 0.3) is 5.91 Å². The van der Waals surface area contributed by atoms with Gasteiger partial charge in [-0.05, 0) is 19.4 Å². The predicted molar refractivity (Wildman–Crippen MR) is 76.2 cm³/mol. The summed E-state index contributed by atoms with van der Waals surface area (Å²) in [5, 5.41) is 3.37. The van der Waals surface area contributed by atoms with Gasteiger partial charge in [-0.2, -0.15) is 0 Å². The average Bonchev–Trinajstić information content (AvgIpc) is 2.78. The van der Waals surface area contributed by atoms with E-state index in [9.17, 15) is 4.79 Å². The number of anilines is 2. The molecule has 2 aromatic rings. The van der Waals surface area contributed by atoms with Crippen molar-refractivity contribution in [1.29, 1.82) is 0 Å². The predicted octanol–water partition coefficient (Wildman–Crippen LogP) is 1.95. The largest absolute Gasteiger partial charge is 0.322 e. The normalized spacial score (nSPS) is 10.3. The Morgan fingerprint density at radius 1 is 1.53 bits per heavy atom. The smallest absolute Gasteiger partial charge is 0.259 e. The Balaban J connectivity index is 2.20. The van der Waals surface area contributed by atoms with E-state index in [1.54, 1.807) is 12.3 Å². The van der Waals surface area contributed by atoms with Crippen molar-refractivity contribution in [1.82, 2.24) is 9.97 Å². The summed E-state index contributed by atoms with van der Waals surface area (Å²) >= 11 is 1.47. The van der Waals surface area contributed by atoms with Gasteiger partial charge in [-0.15, -0.1) is 11.3 Å². The summed E-state index contributed by atoms with van der Waals surface area (Å²) in [6.45, 7) is 4.03. The fourth-order valence-corrected chi connectivity index (χ4v) is 2.58. The van der Waals surface area contributed by atoms with Crippen LogP contribution in [0.2, 0.25) is 0 Å². The summed E-state index contributed by atoms with van der Waals surface area (Å²) in [5.74, 6) is 5.09. The molecular weight excluding hydrogens is 262 g/mol. The second-order valence-corrected chi connectivity index (χ2v) is 5.10. The van der Waals surface area contributed by atoms with Crippen molar-refractivity contribution in [3.8, 4) is 0 Å². The molecule has 0 fully saturated rings. The number of amides is 1. The standard InChI is InChI=1S/C12H15N5OS/c1-3-9-7(2)19-12(15-9)16-11(18)8-4-5-14-6-10(8)17-13/h4-6,17H,3,13H2,1-2H3,(H,15,16,18). The maximum absolute atomic E-state index is 12.1. The SMILES string of the molecule is CCc1nc(NC(=O)c2ccncc2NN)sc1C. The van der Waals surface area contributed by atoms with Crippen LogP contribution >= 0.6 is 11.3 Å². The summed E-state index contributed by atoms with van der Waals surface area (Å²) in [4.78, 5) is 21.5. The molecule has 7 heteroatoms. The molecule has 0 radical (unpaired) electrons. The van der Waals surface area contributed by atoms with Crippen LogP contribution in [0.1, 0.15) is 27.9 Å². The fourth-order valence-electron chi connectivity index (χ4n) is 1.68. The first-order chi connectivity index (χ1) is 9.15. The molecule has 4 N–H and O–H groups in total. The number of nitrogens with two attached hydrogens (primary N) is 1. The van der Waals surface area contributed by atoms with Gasteiger partial charge in [0.15, 0.2) is 5.13 Å². The van der Waals surface area contributed by atoms with Crippen molar-refractivity contribution in [2.45, 2.75) is 20.3 Å². The molecule has 0 spiro atoms. The highest BCUT2D eigenvalue weighted by Gasteiger charge is 2.14. The molecule has 0 atom stereocenters. The molecule has 2 aromatic heterocycles. The number of nitrogen functional groups attached to an aromatic ring is 1. The number of carbonyl (C=O) groups is 1. The lowest BCUT2D eigenvalue weighted by Gasteiger charge is -2.06. The van der Waals surface area contributed by atoms with Gasteiger partial charge in [-0.25, -0.2) is 4.98 Å². The lowest BCUT2D eigenvalue weighted by molar-refractivity contribution is 0.102. The van der Waals surface area contributed by atoms with E-state index in [1.807, 2.05) is 13.8 Å². The van der Waals surface area contributed by atoms with Gasteiger partial charge >= 0.3 is 0 Å². The van der Waals surface area contributed by atoms with Crippen LogP contribution in [0, 0.1) is 6.92 Å². The first-order valence-electron chi connectivity index (χ1n) is 5.84. The van der Waals surface area contributed by atoms with E-state index in [0.717, 1.165) is 17.0 Å². The molecule has 0 saturated heterocycles. The van der Waals surface area contributed by atoms with Gasteiger partial charge in [0, 0.05) is 11.1 Å². The van der Waals surface area contributed by atoms with Crippen molar-refractivity contribution in [2.75, 3.05) is 10.7 Å². The Hall–Kier alpha value is -1.99. The minimum absolute atomic E-state index is 0.258. The molecule has 6 nitrogen and oxygen atoms in total. The molecule has 0 aliphatic heterocycles. The van der Waals surface area contributed by atoms with Crippen LogP contribution in [0.5, 0.6) is 0 Å². The van der Waals surface area contributed by atoms with Crippen LogP contribution in [0.25, 0.3) is 0 Å². The van der Waals surface area contributed by atoms with E-state index >= 15 is 0 Å². The summed E-state index contributed by atoms with van der Waals surface area (Å²) in [6.07, 6.45) is 3.89. The van der Waals surface area contributed by atoms with E-state index in [4.69, 9.17) is 5.84 Å². The Kier molecular flexibility index (Phi) is 4.08. The van der Waals surface area contributed by atoms with Crippen LogP contribution in [0.4, 0.5) is 10.8 Å². The molecule has 2 rings (SSSR count). The third kappa shape index (κ3) is 2.88. The van der Waals surface area contributed by atoms with Crippen molar-refractivity contribution < 1.29 is 4.79 Å². The van der Waals surface area contributed by atoms with Crippen LogP contribution in [0.3, 0.4) is 0 Å². The highest BCUT2D eigenvalue weighted by atomic mass is 32.1. The van der Waals surface area contributed by atoms with Gasteiger partial charge < -0.3 is 5.43 Å². The zero-order chi connectivity index (χ0) is 13.8. The van der Waals surface area contributed by atoms with Gasteiger partial charge in [0.1, 0.15) is 0 Å². The number of hydrogen-bond acceptors (Lipinski definition) is 6. The number of nitrogens with one attached hydrogen (secondary N) is 2. The number of pyridine rings is 1. The second kappa shape index (κ2) is 5.77. The monoisotopic (exact) mass is 277 g/mol. The quantitative estimate of drug-likeness (QED) is 0.586. The lowest BCUT2D eigenvalue weighted by Crippen LogP contribution is -2.17. The second-order valence-electron chi connectivity index (χ2n) is 3.90. The molecule has 0 aliphatic rings. The van der Waals surface area contributed by atoms with E-state index in [1.165, 1.54) is 17.5 Å². The minimum atomic E-state index is -0.258. The van der Waals surface area contributed by atoms with Crippen molar-refractivity contribution in [3.63, 3.8) is 0 Å². The molecular formula is C12H15N5OS. The number of hydrogen-bond donors (Lipinski definition) is 3. The van der Waals surface area contributed by atoms with Crippen molar-refractivity contribution in [3.05, 3.63) is 34.6 Å². The van der Waals surface area contributed by atoms with Gasteiger partial charge in [0.2, 0.25) is 0 Å². The van der Waals surface area contributed by atoms with E-state index in [0.29, 0.717) is 16.4 Å². The molecule has 2 heterocycles. The summed E-state index contributed by atoms with van der Waals surface area (Å²) in [7, 11) is 0. The Labute approximate surface area is 115 Å². The maximum Gasteiger partial charge on any atom is 0.259 e. The van der Waals surface area contributed by atoms with E-state index < -0.39 is 0 Å². The third-order valence-corrected chi connectivity index (χ3v) is 3.60. The molecule has 0 bridgehead atoms. The Morgan fingerprint density at radius 3 is 2.95 bits per heavy atom. The number of carbonyl (C=O) groups excluding carboxylic acids is 1. The minimum Gasteiger partial charge on any atom is -0.322 e. The van der Waals surface area contributed by atoms with E-state index in [2.05, 4.69) is 20.7 Å². The molecule has 1 amide bonds. The molecule has 0 aromatic carbocycles. The van der Waals surface area contributed by atoms with Crippen LogP contribution in [-0.4, -0.2) is 15.9 Å². The number of thiazole rings is 1. The van der Waals surface area contributed by atoms with Crippen molar-refractivity contribution >= 4 is 28.1 Å². The first kappa shape index (κ1) is 13.4. The molecule has 0 unspecified atom stereocenters. The Bertz CT molecular complexity index is 596. The van der Waals surface area contributed by atoms with Gasteiger partial charge in [-0.1, -0.05) is 6.92 Å². The number of aryl methyl sites for hydroxylation is 2. The zero-order valence-electron chi connectivity index (χ0n) is 10.7. The average molecular weight is 277 g/mol. The molecule has 100 valence electrons. The summed E-state index contributed by atoms with van der Waals surface area (Å²) in [6, 6.07) is 1.60. The van der Waals surface area contributed by atoms with E-state index in [-0.39, 0.29) is 5.91 Å².